The van der Waals surface area contributed by atoms with E-state index in [1.165, 1.54) is 12.6 Å². The smallest absolute Gasteiger partial charge is 0.267 e. The van der Waals surface area contributed by atoms with E-state index in [1.807, 2.05) is 5.01 Å². The van der Waals surface area contributed by atoms with Gasteiger partial charge in [-0.3, -0.25) is 10.2 Å². The zero-order valence-corrected chi connectivity index (χ0v) is 9.65. The van der Waals surface area contributed by atoms with E-state index in [4.69, 9.17) is 5.84 Å². The third-order valence-corrected chi connectivity index (χ3v) is 2.79. The molecule has 2 rings (SSSR count). The van der Waals surface area contributed by atoms with Crippen LogP contribution in [0.3, 0.4) is 0 Å². The quantitative estimate of drug-likeness (QED) is 0.525. The first kappa shape index (κ1) is 11.8. The van der Waals surface area contributed by atoms with Gasteiger partial charge in [0.05, 0.1) is 5.56 Å². The average Bonchev–Trinajstić information content (AvgIpc) is 2.40. The molecular formula is C11H17N5O. The molecule has 0 aromatic carbocycles. The second kappa shape index (κ2) is 5.60. The monoisotopic (exact) mass is 235 g/mol. The van der Waals surface area contributed by atoms with Crippen molar-refractivity contribution >= 4 is 11.7 Å². The predicted molar refractivity (Wildman–Crippen MR) is 64.9 cm³/mol. The van der Waals surface area contributed by atoms with Crippen LogP contribution >= 0.6 is 0 Å². The summed E-state index contributed by atoms with van der Waals surface area (Å²) < 4.78 is 0. The number of pyridine rings is 1. The molecule has 6 nitrogen and oxygen atoms in total. The van der Waals surface area contributed by atoms with Gasteiger partial charge in [-0.15, -0.1) is 0 Å². The average molecular weight is 235 g/mol. The van der Waals surface area contributed by atoms with Crippen molar-refractivity contribution in [1.29, 1.82) is 0 Å². The van der Waals surface area contributed by atoms with E-state index in [2.05, 4.69) is 15.8 Å². The lowest BCUT2D eigenvalue weighted by Crippen LogP contribution is -2.45. The van der Waals surface area contributed by atoms with Crippen molar-refractivity contribution in [3.63, 3.8) is 0 Å². The normalized spacial score (nSPS) is 16.5. The van der Waals surface area contributed by atoms with E-state index in [9.17, 15) is 4.79 Å². The lowest BCUT2D eigenvalue weighted by Gasteiger charge is -2.26. The van der Waals surface area contributed by atoms with Gasteiger partial charge in [-0.1, -0.05) is 6.42 Å². The minimum absolute atomic E-state index is 0.122. The van der Waals surface area contributed by atoms with Gasteiger partial charge in [0.15, 0.2) is 0 Å². The van der Waals surface area contributed by atoms with E-state index in [0.29, 0.717) is 11.4 Å². The van der Waals surface area contributed by atoms with Gasteiger partial charge in [-0.2, -0.15) is 0 Å². The van der Waals surface area contributed by atoms with E-state index in [0.717, 1.165) is 25.9 Å². The van der Waals surface area contributed by atoms with Crippen molar-refractivity contribution < 1.29 is 4.79 Å². The molecule has 92 valence electrons. The van der Waals surface area contributed by atoms with Gasteiger partial charge in [0.2, 0.25) is 0 Å². The fraction of sp³-hybridized carbons (Fsp3) is 0.455. The molecule has 1 aliphatic heterocycles. The van der Waals surface area contributed by atoms with E-state index in [1.54, 1.807) is 12.1 Å². The van der Waals surface area contributed by atoms with Gasteiger partial charge < -0.3 is 5.43 Å². The summed E-state index contributed by atoms with van der Waals surface area (Å²) in [6.45, 7) is 1.84. The summed E-state index contributed by atoms with van der Waals surface area (Å²) in [6, 6.07) is 3.37. The van der Waals surface area contributed by atoms with Crippen LogP contribution in [0.5, 0.6) is 0 Å². The highest BCUT2D eigenvalue weighted by Gasteiger charge is 2.13. The first-order valence-corrected chi connectivity index (χ1v) is 5.78. The Hall–Kier alpha value is -1.66. The molecule has 0 spiro atoms. The number of hydrogen-bond acceptors (Lipinski definition) is 5. The third-order valence-electron chi connectivity index (χ3n) is 2.79. The van der Waals surface area contributed by atoms with Crippen LogP contribution < -0.4 is 16.7 Å². The van der Waals surface area contributed by atoms with Gasteiger partial charge in [-0.05, 0) is 25.0 Å². The van der Waals surface area contributed by atoms with Gasteiger partial charge in [0.25, 0.3) is 5.91 Å². The predicted octanol–water partition coefficient (Wildman–Crippen LogP) is 0.498. The molecule has 1 aliphatic rings. The number of amides is 1. The van der Waals surface area contributed by atoms with Crippen LogP contribution in [0.1, 0.15) is 29.6 Å². The van der Waals surface area contributed by atoms with Crippen LogP contribution in [-0.4, -0.2) is 29.0 Å². The molecule has 6 heteroatoms. The van der Waals surface area contributed by atoms with Crippen molar-refractivity contribution in [2.45, 2.75) is 19.3 Å². The molecule has 0 bridgehead atoms. The van der Waals surface area contributed by atoms with E-state index in [-0.39, 0.29) is 5.91 Å². The fourth-order valence-corrected chi connectivity index (χ4v) is 1.83. The fourth-order valence-electron chi connectivity index (χ4n) is 1.83. The van der Waals surface area contributed by atoms with Crippen LogP contribution in [0.25, 0.3) is 0 Å². The third kappa shape index (κ3) is 3.15. The number of nitrogens with two attached hydrogens (primary N) is 1. The van der Waals surface area contributed by atoms with Crippen molar-refractivity contribution in [3.8, 4) is 0 Å². The van der Waals surface area contributed by atoms with Crippen molar-refractivity contribution in [2.24, 2.45) is 5.84 Å². The number of hydrogen-bond donors (Lipinski definition) is 3. The Morgan fingerprint density at radius 2 is 2.06 bits per heavy atom. The summed E-state index contributed by atoms with van der Waals surface area (Å²) in [7, 11) is 0. The topological polar surface area (TPSA) is 83.3 Å². The standard InChI is InChI=1S/C11H17N5O/c12-14-10-5-4-9(8-13-10)11(17)15-16-6-2-1-3-7-16/h4-5,8H,1-3,6-7,12H2,(H,13,14)(H,15,17). The maximum Gasteiger partial charge on any atom is 0.267 e. The van der Waals surface area contributed by atoms with Gasteiger partial charge >= 0.3 is 0 Å². The van der Waals surface area contributed by atoms with E-state index < -0.39 is 0 Å². The van der Waals surface area contributed by atoms with Gasteiger partial charge in [0, 0.05) is 19.3 Å². The van der Waals surface area contributed by atoms with Gasteiger partial charge in [0.1, 0.15) is 5.82 Å². The number of rotatable bonds is 3. The summed E-state index contributed by atoms with van der Waals surface area (Å²) in [6.07, 6.45) is 5.02. The van der Waals surface area contributed by atoms with Crippen LogP contribution in [0.4, 0.5) is 5.82 Å². The number of piperidine rings is 1. The second-order valence-electron chi connectivity index (χ2n) is 4.07. The molecule has 4 N–H and O–H groups in total. The molecule has 0 atom stereocenters. The lowest BCUT2D eigenvalue weighted by molar-refractivity contribution is 0.0749. The van der Waals surface area contributed by atoms with E-state index >= 15 is 0 Å². The van der Waals surface area contributed by atoms with Crippen LogP contribution in [0.2, 0.25) is 0 Å². The molecule has 17 heavy (non-hydrogen) atoms. The highest BCUT2D eigenvalue weighted by Crippen LogP contribution is 2.08. The number of anilines is 1. The molecule has 1 amide bonds. The molecule has 2 heterocycles. The van der Waals surface area contributed by atoms with Crippen molar-refractivity contribution in [1.82, 2.24) is 15.4 Å². The largest absolute Gasteiger partial charge is 0.308 e. The molecule has 1 aromatic rings. The summed E-state index contributed by atoms with van der Waals surface area (Å²) in [5.41, 5.74) is 5.83. The minimum atomic E-state index is -0.122. The van der Waals surface area contributed by atoms with Crippen LogP contribution in [0, 0.1) is 0 Å². The van der Waals surface area contributed by atoms with Crippen molar-refractivity contribution in [2.75, 3.05) is 18.5 Å². The number of nitrogens with one attached hydrogen (secondary N) is 2. The molecule has 0 saturated carbocycles. The van der Waals surface area contributed by atoms with Crippen molar-refractivity contribution in [3.05, 3.63) is 23.9 Å². The highest BCUT2D eigenvalue weighted by molar-refractivity contribution is 5.93. The Morgan fingerprint density at radius 1 is 1.29 bits per heavy atom. The maximum absolute atomic E-state index is 11.9. The van der Waals surface area contributed by atoms with Gasteiger partial charge in [-0.25, -0.2) is 15.8 Å². The van der Waals surface area contributed by atoms with Crippen LogP contribution in [-0.2, 0) is 0 Å². The molecule has 1 aromatic heterocycles. The minimum Gasteiger partial charge on any atom is -0.308 e. The van der Waals surface area contributed by atoms with Crippen LogP contribution in [0.15, 0.2) is 18.3 Å². The molecule has 1 fully saturated rings. The molecule has 0 unspecified atom stereocenters. The summed E-state index contributed by atoms with van der Waals surface area (Å²) in [5, 5.41) is 1.96. The lowest BCUT2D eigenvalue weighted by atomic mass is 10.2. The number of carbonyl (C=O) groups excluding carboxylic acids is 1. The zero-order chi connectivity index (χ0) is 12.1. The summed E-state index contributed by atoms with van der Waals surface area (Å²) in [4.78, 5) is 15.9. The molecule has 0 aliphatic carbocycles. The maximum atomic E-state index is 11.9. The Morgan fingerprint density at radius 3 is 2.65 bits per heavy atom. The second-order valence-corrected chi connectivity index (χ2v) is 4.07. The first-order chi connectivity index (χ1) is 8.29. The first-order valence-electron chi connectivity index (χ1n) is 5.78. The zero-order valence-electron chi connectivity index (χ0n) is 9.65. The summed E-state index contributed by atoms with van der Waals surface area (Å²) in [5.74, 6) is 5.62. The molecule has 1 saturated heterocycles. The molecular weight excluding hydrogens is 218 g/mol. The SMILES string of the molecule is NNc1ccc(C(=O)NN2CCCCC2)cn1. The number of carbonyl (C=O) groups is 1. The highest BCUT2D eigenvalue weighted by atomic mass is 16.2. The Bertz CT molecular complexity index is 372. The number of nitrogen functional groups attached to an aromatic ring is 1. The summed E-state index contributed by atoms with van der Waals surface area (Å²) >= 11 is 0. The Kier molecular flexibility index (Phi) is 3.89. The molecule has 0 radical (unpaired) electrons. The number of aromatic nitrogens is 1. The Balaban J connectivity index is 1.93. The number of nitrogens with zero attached hydrogens (tertiary/aromatic N) is 2. The number of hydrazine groups is 2. The Labute approximate surface area is 100 Å².